The van der Waals surface area contributed by atoms with Crippen molar-refractivity contribution in [1.29, 1.82) is 0 Å². The van der Waals surface area contributed by atoms with E-state index in [1.54, 1.807) is 0 Å². The van der Waals surface area contributed by atoms with Crippen molar-refractivity contribution in [3.05, 3.63) is 52.6 Å². The molecule has 0 spiro atoms. The molecule has 0 aliphatic heterocycles. The molecule has 0 nitrogen and oxygen atoms in total. The number of allylic oxidation sites excluding steroid dienone is 5. The van der Waals surface area contributed by atoms with Crippen molar-refractivity contribution in [1.82, 2.24) is 0 Å². The van der Waals surface area contributed by atoms with Crippen LogP contribution in [0.15, 0.2) is 30.4 Å². The molecule has 0 aromatic heterocycles. The van der Waals surface area contributed by atoms with E-state index in [1.165, 1.54) is 33.4 Å². The first-order chi connectivity index (χ1) is 10.2. The summed E-state index contributed by atoms with van der Waals surface area (Å²) in [6.45, 7) is 13.9. The van der Waals surface area contributed by atoms with Crippen LogP contribution in [0.3, 0.4) is 0 Å². The second-order valence-electron chi connectivity index (χ2n) is 8.78. The van der Waals surface area contributed by atoms with Gasteiger partial charge in [-0.2, -0.15) is 0 Å². The first kappa shape index (κ1) is 15.3. The third-order valence-corrected chi connectivity index (χ3v) is 4.50. The summed E-state index contributed by atoms with van der Waals surface area (Å²) >= 11 is 0. The summed E-state index contributed by atoms with van der Waals surface area (Å²) in [5.41, 5.74) is 9.30. The van der Waals surface area contributed by atoms with Gasteiger partial charge in [-0.05, 0) is 57.1 Å². The normalized spacial score (nSPS) is 19.2. The number of rotatable bonds is 0. The number of hydrogen-bond acceptors (Lipinski definition) is 0. The predicted octanol–water partition coefficient (Wildman–Crippen LogP) is 6.62. The smallest absolute Gasteiger partial charge is 0.00736 e. The first-order valence-electron chi connectivity index (χ1n) is 8.42. The second kappa shape index (κ2) is 4.98. The summed E-state index contributed by atoms with van der Waals surface area (Å²) in [4.78, 5) is 0. The lowest BCUT2D eigenvalue weighted by Gasteiger charge is -2.33. The molecule has 0 unspecified atom stereocenters. The molecule has 22 heavy (non-hydrogen) atoms. The van der Waals surface area contributed by atoms with Crippen molar-refractivity contribution in [3.63, 3.8) is 0 Å². The Bertz CT molecular complexity index is 695. The highest BCUT2D eigenvalue weighted by atomic mass is 14.3. The average Bonchev–Trinajstić information content (AvgIpc) is 2.39. The van der Waals surface area contributed by atoms with Crippen LogP contribution in [0.25, 0.3) is 17.2 Å². The van der Waals surface area contributed by atoms with E-state index in [1.807, 2.05) is 0 Å². The Morgan fingerprint density at radius 3 is 2.27 bits per heavy atom. The Morgan fingerprint density at radius 1 is 0.909 bits per heavy atom. The summed E-state index contributed by atoms with van der Waals surface area (Å²) < 4.78 is 0. The Balaban J connectivity index is 2.33. The molecule has 0 N–H and O–H groups in total. The van der Waals surface area contributed by atoms with Gasteiger partial charge in [0.05, 0.1) is 0 Å². The Labute approximate surface area is 135 Å². The molecule has 0 heterocycles. The second-order valence-corrected chi connectivity index (χ2v) is 8.78. The third kappa shape index (κ3) is 2.72. The van der Waals surface area contributed by atoms with Gasteiger partial charge in [0.1, 0.15) is 0 Å². The van der Waals surface area contributed by atoms with Crippen LogP contribution in [-0.2, 0) is 5.41 Å². The largest absolute Gasteiger partial charge is 0.0795 e. The van der Waals surface area contributed by atoms with Crippen LogP contribution in [0.5, 0.6) is 0 Å². The van der Waals surface area contributed by atoms with E-state index in [9.17, 15) is 0 Å². The molecule has 1 aromatic carbocycles. The molecule has 2 aliphatic rings. The number of benzene rings is 1. The molecule has 0 fully saturated rings. The van der Waals surface area contributed by atoms with Crippen LogP contribution < -0.4 is 0 Å². The van der Waals surface area contributed by atoms with E-state index < -0.39 is 0 Å². The van der Waals surface area contributed by atoms with E-state index >= 15 is 0 Å². The Kier molecular flexibility index (Phi) is 3.47. The maximum Gasteiger partial charge on any atom is -0.00736 e. The SMILES string of the molecule is CC(C)(C)C=C1CC=C2CC=Cc3ccc(C(C)(C)C)c1c32. The third-order valence-electron chi connectivity index (χ3n) is 4.50. The summed E-state index contributed by atoms with van der Waals surface area (Å²) in [6, 6.07) is 4.66. The van der Waals surface area contributed by atoms with Crippen molar-refractivity contribution in [2.45, 2.75) is 59.8 Å². The van der Waals surface area contributed by atoms with Crippen molar-refractivity contribution < 1.29 is 0 Å². The van der Waals surface area contributed by atoms with Gasteiger partial charge in [-0.1, -0.05) is 78.0 Å². The summed E-state index contributed by atoms with van der Waals surface area (Å²) in [5, 5.41) is 0. The molecule has 2 aliphatic carbocycles. The number of hydrogen-bond donors (Lipinski definition) is 0. The van der Waals surface area contributed by atoms with Gasteiger partial charge in [0.15, 0.2) is 0 Å². The molecule has 0 saturated heterocycles. The molecule has 116 valence electrons. The monoisotopic (exact) mass is 292 g/mol. The quantitative estimate of drug-likeness (QED) is 0.504. The van der Waals surface area contributed by atoms with Gasteiger partial charge in [-0.25, -0.2) is 0 Å². The summed E-state index contributed by atoms with van der Waals surface area (Å²) in [6.07, 6.45) is 11.7. The molecule has 0 heteroatoms. The zero-order valence-corrected chi connectivity index (χ0v) is 14.9. The minimum atomic E-state index is 0.172. The van der Waals surface area contributed by atoms with E-state index in [2.05, 4.69) is 78.0 Å². The van der Waals surface area contributed by atoms with Crippen molar-refractivity contribution in [3.8, 4) is 0 Å². The highest BCUT2D eigenvalue weighted by Gasteiger charge is 2.28. The molecule has 0 radical (unpaired) electrons. The topological polar surface area (TPSA) is 0 Å². The molecule has 0 bridgehead atoms. The van der Waals surface area contributed by atoms with Gasteiger partial charge in [0, 0.05) is 0 Å². The van der Waals surface area contributed by atoms with Gasteiger partial charge >= 0.3 is 0 Å². The van der Waals surface area contributed by atoms with Gasteiger partial charge in [0.25, 0.3) is 0 Å². The highest BCUT2D eigenvalue weighted by Crippen LogP contribution is 2.46. The summed E-state index contributed by atoms with van der Waals surface area (Å²) in [7, 11) is 0. The predicted molar refractivity (Wildman–Crippen MR) is 98.8 cm³/mol. The molecular weight excluding hydrogens is 264 g/mol. The van der Waals surface area contributed by atoms with Crippen LogP contribution in [0.2, 0.25) is 0 Å². The fraction of sp³-hybridized carbons (Fsp3) is 0.455. The zero-order chi connectivity index (χ0) is 16.1. The van der Waals surface area contributed by atoms with Crippen LogP contribution in [0.4, 0.5) is 0 Å². The minimum absolute atomic E-state index is 0.172. The molecule has 0 amide bonds. The standard InChI is InChI=1S/C22H28/c1-21(2,3)14-17-11-10-15-8-7-9-16-12-13-18(22(4,5)6)20(17)19(15)16/h7,9-10,12-14H,8,11H2,1-6H3. The van der Waals surface area contributed by atoms with Crippen molar-refractivity contribution >= 4 is 17.2 Å². The lowest BCUT2D eigenvalue weighted by atomic mass is 9.72. The molecule has 1 aromatic rings. The van der Waals surface area contributed by atoms with Gasteiger partial charge < -0.3 is 0 Å². The van der Waals surface area contributed by atoms with Crippen LogP contribution in [0.1, 0.15) is 76.6 Å². The van der Waals surface area contributed by atoms with E-state index in [0.29, 0.717) is 0 Å². The van der Waals surface area contributed by atoms with E-state index in [0.717, 1.165) is 12.8 Å². The van der Waals surface area contributed by atoms with Gasteiger partial charge in [-0.15, -0.1) is 0 Å². The molecule has 0 atom stereocenters. The van der Waals surface area contributed by atoms with Crippen LogP contribution in [-0.4, -0.2) is 0 Å². The van der Waals surface area contributed by atoms with Crippen LogP contribution in [0, 0.1) is 5.41 Å². The summed E-state index contributed by atoms with van der Waals surface area (Å²) in [5.74, 6) is 0. The fourth-order valence-electron chi connectivity index (χ4n) is 3.65. The molecule has 3 rings (SSSR count). The zero-order valence-electron chi connectivity index (χ0n) is 14.9. The maximum absolute atomic E-state index is 2.48. The van der Waals surface area contributed by atoms with E-state index in [4.69, 9.17) is 0 Å². The lowest BCUT2D eigenvalue weighted by Crippen LogP contribution is -2.18. The maximum atomic E-state index is 2.48. The first-order valence-corrected chi connectivity index (χ1v) is 8.42. The lowest BCUT2D eigenvalue weighted by molar-refractivity contribution is 0.544. The Hall–Kier alpha value is -1.56. The highest BCUT2D eigenvalue weighted by molar-refractivity contribution is 5.93. The van der Waals surface area contributed by atoms with Gasteiger partial charge in [0.2, 0.25) is 0 Å². The Morgan fingerprint density at radius 2 is 1.64 bits per heavy atom. The van der Waals surface area contributed by atoms with Crippen molar-refractivity contribution in [2.75, 3.05) is 0 Å². The average molecular weight is 292 g/mol. The fourth-order valence-corrected chi connectivity index (χ4v) is 3.65. The minimum Gasteiger partial charge on any atom is -0.0795 e. The van der Waals surface area contributed by atoms with Gasteiger partial charge in [-0.3, -0.25) is 0 Å². The molecular formula is C22H28. The van der Waals surface area contributed by atoms with Crippen LogP contribution >= 0.6 is 0 Å². The van der Waals surface area contributed by atoms with E-state index in [-0.39, 0.29) is 10.8 Å². The molecule has 0 saturated carbocycles. The van der Waals surface area contributed by atoms with Crippen molar-refractivity contribution in [2.24, 2.45) is 5.41 Å².